The molecule has 130 valence electrons. The number of halogens is 3. The first kappa shape index (κ1) is 17.2. The lowest BCUT2D eigenvalue weighted by molar-refractivity contribution is -0.127. The van der Waals surface area contributed by atoms with E-state index in [2.05, 4.69) is 4.98 Å². The highest BCUT2D eigenvalue weighted by molar-refractivity contribution is 5.56. The third kappa shape index (κ3) is 4.48. The summed E-state index contributed by atoms with van der Waals surface area (Å²) in [7, 11) is 0. The van der Waals surface area contributed by atoms with Crippen molar-refractivity contribution in [2.24, 2.45) is 0 Å². The third-order valence-electron chi connectivity index (χ3n) is 3.86. The zero-order valence-electron chi connectivity index (χ0n) is 13.4. The van der Waals surface area contributed by atoms with Crippen LogP contribution in [0, 0.1) is 0 Å². The molecule has 0 aliphatic heterocycles. The molecule has 0 aliphatic carbocycles. The van der Waals surface area contributed by atoms with E-state index in [-0.39, 0.29) is 12.2 Å². The lowest BCUT2D eigenvalue weighted by Gasteiger charge is -2.10. The van der Waals surface area contributed by atoms with Gasteiger partial charge in [-0.15, -0.1) is 0 Å². The summed E-state index contributed by atoms with van der Waals surface area (Å²) in [5.41, 5.74) is 2.83. The lowest BCUT2D eigenvalue weighted by atomic mass is 10.1. The van der Waals surface area contributed by atoms with Gasteiger partial charge in [0.05, 0.1) is 13.0 Å². The minimum atomic E-state index is -4.21. The summed E-state index contributed by atoms with van der Waals surface area (Å²) in [4.78, 5) is 4.32. The van der Waals surface area contributed by atoms with Crippen LogP contribution in [0.15, 0.2) is 60.9 Å². The van der Waals surface area contributed by atoms with Gasteiger partial charge in [-0.25, -0.2) is 4.98 Å². The zero-order valence-corrected chi connectivity index (χ0v) is 13.4. The molecule has 0 spiro atoms. The molecule has 6 heteroatoms. The van der Waals surface area contributed by atoms with E-state index in [1.807, 2.05) is 35.0 Å². The minimum Gasteiger partial charge on any atom is -0.392 e. The first-order valence-corrected chi connectivity index (χ1v) is 7.80. The standard InChI is InChI=1S/C19H17F3N2O/c20-19(21,22)11-14-4-6-17(7-5-14)18-23-8-9-24(18)12-15-2-1-3-16(10-15)13-25/h1-10,25H,11-13H2. The monoisotopic (exact) mass is 346 g/mol. The number of aliphatic hydroxyl groups is 1. The molecule has 0 saturated carbocycles. The lowest BCUT2D eigenvalue weighted by Crippen LogP contribution is -2.11. The van der Waals surface area contributed by atoms with Crippen LogP contribution < -0.4 is 0 Å². The van der Waals surface area contributed by atoms with Crippen molar-refractivity contribution in [2.75, 3.05) is 0 Å². The molecule has 0 fully saturated rings. The van der Waals surface area contributed by atoms with Crippen LogP contribution in [0.2, 0.25) is 0 Å². The van der Waals surface area contributed by atoms with Gasteiger partial charge in [0.2, 0.25) is 0 Å². The number of aromatic nitrogens is 2. The Morgan fingerprint density at radius 1 is 0.960 bits per heavy atom. The Kier molecular flexibility index (Phi) is 4.90. The van der Waals surface area contributed by atoms with Crippen LogP contribution in [-0.2, 0) is 19.6 Å². The van der Waals surface area contributed by atoms with E-state index in [0.717, 1.165) is 16.7 Å². The fourth-order valence-electron chi connectivity index (χ4n) is 2.72. The number of aliphatic hydroxyl groups excluding tert-OH is 1. The van der Waals surface area contributed by atoms with Gasteiger partial charge in [-0.2, -0.15) is 13.2 Å². The van der Waals surface area contributed by atoms with E-state index in [9.17, 15) is 18.3 Å². The number of imidazole rings is 1. The predicted octanol–water partition coefficient (Wildman–Crippen LogP) is 4.20. The van der Waals surface area contributed by atoms with Crippen LogP contribution in [0.25, 0.3) is 11.4 Å². The highest BCUT2D eigenvalue weighted by Crippen LogP contribution is 2.24. The summed E-state index contributed by atoms with van der Waals surface area (Å²) in [6.07, 6.45) is -1.66. The molecular formula is C19H17F3N2O. The Bertz CT molecular complexity index is 838. The maximum absolute atomic E-state index is 12.4. The Morgan fingerprint density at radius 2 is 1.68 bits per heavy atom. The molecule has 3 rings (SSSR count). The Balaban J connectivity index is 1.81. The van der Waals surface area contributed by atoms with Gasteiger partial charge in [-0.1, -0.05) is 48.5 Å². The van der Waals surface area contributed by atoms with Crippen LogP contribution in [0.5, 0.6) is 0 Å². The van der Waals surface area contributed by atoms with Gasteiger partial charge in [0, 0.05) is 24.5 Å². The summed E-state index contributed by atoms with van der Waals surface area (Å²) in [6, 6.07) is 13.9. The van der Waals surface area contributed by atoms with Gasteiger partial charge in [-0.3, -0.25) is 0 Å². The van der Waals surface area contributed by atoms with Crippen LogP contribution >= 0.6 is 0 Å². The first-order valence-electron chi connectivity index (χ1n) is 7.80. The van der Waals surface area contributed by atoms with Gasteiger partial charge in [-0.05, 0) is 16.7 Å². The average molecular weight is 346 g/mol. The fourth-order valence-corrected chi connectivity index (χ4v) is 2.72. The number of hydrogen-bond acceptors (Lipinski definition) is 2. The molecule has 1 N–H and O–H groups in total. The van der Waals surface area contributed by atoms with Gasteiger partial charge in [0.25, 0.3) is 0 Å². The van der Waals surface area contributed by atoms with E-state index in [1.165, 1.54) is 12.1 Å². The van der Waals surface area contributed by atoms with Gasteiger partial charge in [0.1, 0.15) is 5.82 Å². The van der Waals surface area contributed by atoms with Crippen molar-refractivity contribution in [3.8, 4) is 11.4 Å². The van der Waals surface area contributed by atoms with Gasteiger partial charge in [0.15, 0.2) is 0 Å². The quantitative estimate of drug-likeness (QED) is 0.752. The summed E-state index contributed by atoms with van der Waals surface area (Å²) < 4.78 is 39.3. The largest absolute Gasteiger partial charge is 0.393 e. The zero-order chi connectivity index (χ0) is 17.9. The van der Waals surface area contributed by atoms with Crippen LogP contribution in [0.3, 0.4) is 0 Å². The van der Waals surface area contributed by atoms with Crippen molar-refractivity contribution in [2.45, 2.75) is 25.7 Å². The topological polar surface area (TPSA) is 38.0 Å². The SMILES string of the molecule is OCc1cccc(Cn2ccnc2-c2ccc(CC(F)(F)F)cc2)c1. The predicted molar refractivity (Wildman–Crippen MR) is 88.9 cm³/mol. The average Bonchev–Trinajstić information content (AvgIpc) is 3.02. The second-order valence-electron chi connectivity index (χ2n) is 5.85. The summed E-state index contributed by atoms with van der Waals surface area (Å²) >= 11 is 0. The number of hydrogen-bond donors (Lipinski definition) is 1. The molecular weight excluding hydrogens is 329 g/mol. The Morgan fingerprint density at radius 3 is 2.36 bits per heavy atom. The van der Waals surface area contributed by atoms with Crippen molar-refractivity contribution >= 4 is 0 Å². The molecule has 1 aromatic heterocycles. The Hall–Kier alpha value is -2.60. The second kappa shape index (κ2) is 7.11. The smallest absolute Gasteiger partial charge is 0.392 e. The molecule has 3 nitrogen and oxygen atoms in total. The summed E-state index contributed by atoms with van der Waals surface area (Å²) in [6.45, 7) is 0.540. The Labute approximate surface area is 143 Å². The van der Waals surface area contributed by atoms with Crippen LogP contribution in [0.1, 0.15) is 16.7 Å². The van der Waals surface area contributed by atoms with Gasteiger partial charge >= 0.3 is 6.18 Å². The van der Waals surface area contributed by atoms with Crippen molar-refractivity contribution in [1.29, 1.82) is 0 Å². The number of nitrogens with zero attached hydrogens (tertiary/aromatic N) is 2. The normalized spacial score (nSPS) is 11.7. The number of benzene rings is 2. The molecule has 0 bridgehead atoms. The molecule has 0 aliphatic rings. The first-order chi connectivity index (χ1) is 11.9. The number of rotatable bonds is 5. The molecule has 1 heterocycles. The molecule has 0 saturated heterocycles. The highest BCUT2D eigenvalue weighted by atomic mass is 19.4. The van der Waals surface area contributed by atoms with E-state index < -0.39 is 12.6 Å². The van der Waals surface area contributed by atoms with E-state index >= 15 is 0 Å². The maximum Gasteiger partial charge on any atom is 0.393 e. The van der Waals surface area contributed by atoms with Crippen molar-refractivity contribution in [3.63, 3.8) is 0 Å². The summed E-state index contributed by atoms with van der Waals surface area (Å²) in [5, 5.41) is 9.23. The highest BCUT2D eigenvalue weighted by Gasteiger charge is 2.27. The van der Waals surface area contributed by atoms with Crippen molar-refractivity contribution < 1.29 is 18.3 Å². The molecule has 0 unspecified atom stereocenters. The minimum absolute atomic E-state index is 0.0225. The van der Waals surface area contributed by atoms with E-state index in [0.29, 0.717) is 12.4 Å². The molecule has 0 amide bonds. The van der Waals surface area contributed by atoms with Crippen molar-refractivity contribution in [3.05, 3.63) is 77.6 Å². The van der Waals surface area contributed by atoms with Crippen LogP contribution in [-0.4, -0.2) is 20.8 Å². The summed E-state index contributed by atoms with van der Waals surface area (Å²) in [5.74, 6) is 0.688. The molecule has 0 atom stereocenters. The fraction of sp³-hybridized carbons (Fsp3) is 0.211. The van der Waals surface area contributed by atoms with E-state index in [4.69, 9.17) is 0 Å². The van der Waals surface area contributed by atoms with Crippen molar-refractivity contribution in [1.82, 2.24) is 9.55 Å². The van der Waals surface area contributed by atoms with E-state index in [1.54, 1.807) is 18.3 Å². The number of alkyl halides is 3. The molecule has 0 radical (unpaired) electrons. The molecule has 2 aromatic carbocycles. The molecule has 25 heavy (non-hydrogen) atoms. The maximum atomic E-state index is 12.4. The third-order valence-corrected chi connectivity index (χ3v) is 3.86. The van der Waals surface area contributed by atoms with Gasteiger partial charge < -0.3 is 9.67 Å². The molecule has 3 aromatic rings. The second-order valence-corrected chi connectivity index (χ2v) is 5.85. The van der Waals surface area contributed by atoms with Crippen LogP contribution in [0.4, 0.5) is 13.2 Å².